The van der Waals surface area contributed by atoms with E-state index in [4.69, 9.17) is 0 Å². The molecule has 0 fully saturated rings. The van der Waals surface area contributed by atoms with Crippen LogP contribution in [-0.2, 0) is 25.8 Å². The van der Waals surface area contributed by atoms with Crippen molar-refractivity contribution in [3.8, 4) is 0 Å². The number of hydrogen-bond acceptors (Lipinski definition) is 0. The molecule has 0 atom stereocenters. The van der Waals surface area contributed by atoms with Gasteiger partial charge < -0.3 is 5.32 Å². The Morgan fingerprint density at radius 3 is 0.815 bits per heavy atom. The third kappa shape index (κ3) is 20.3. The van der Waals surface area contributed by atoms with Gasteiger partial charge in [-0.15, -0.1) is 36.4 Å². The van der Waals surface area contributed by atoms with Gasteiger partial charge in [-0.05, 0) is 0 Å². The van der Waals surface area contributed by atoms with Crippen molar-refractivity contribution < 1.29 is 25.8 Å². The van der Waals surface area contributed by atoms with Crippen molar-refractivity contribution >= 4 is 0 Å². The van der Waals surface area contributed by atoms with E-state index in [1.54, 1.807) is 0 Å². The Morgan fingerprint density at radius 1 is 0.519 bits per heavy atom. The van der Waals surface area contributed by atoms with E-state index in [0.717, 1.165) is 29.8 Å². The fraction of sp³-hybridized carbons (Fsp3) is 0.160. The van der Waals surface area contributed by atoms with Gasteiger partial charge in [0.2, 0.25) is 0 Å². The molecule has 1 nitrogen and oxygen atoms in total. The van der Waals surface area contributed by atoms with Crippen LogP contribution >= 0.6 is 0 Å². The summed E-state index contributed by atoms with van der Waals surface area (Å²) in [6, 6.07) is 29.6. The van der Waals surface area contributed by atoms with Crippen LogP contribution < -0.4 is 0 Å². The molecule has 0 aliphatic heterocycles. The van der Waals surface area contributed by atoms with E-state index in [-0.39, 0.29) is 25.8 Å². The molecule has 0 N–H and O–H groups in total. The summed E-state index contributed by atoms with van der Waals surface area (Å²) >= 11 is 0. The van der Waals surface area contributed by atoms with Gasteiger partial charge in [0.1, 0.15) is 0 Å². The van der Waals surface area contributed by atoms with Crippen molar-refractivity contribution in [3.05, 3.63) is 134 Å². The van der Waals surface area contributed by atoms with E-state index in [9.17, 15) is 0 Å². The number of hydrogen-bond donors (Lipinski definition) is 0. The molecule has 3 aromatic carbocycles. The van der Waals surface area contributed by atoms with Crippen molar-refractivity contribution in [2.24, 2.45) is 0 Å². The first-order chi connectivity index (χ1) is 12.6. The SMILES string of the molecule is CC[N-]CC.[CH2-]c1ccccc1.[CH2-]c1ccccc1.[CH2-]c1ccccc1.[Hf+4]. The molecule has 0 radical (unpaired) electrons. The standard InChI is InChI=1S/3C7H7.C4H10N.Hf/c3*1-7-5-3-2-4-6-7;1-3-5-4-2;/h3*2-6H,1H2;3-4H2,1-2H3;/q4*-1;+4. The molecule has 27 heavy (non-hydrogen) atoms. The predicted octanol–water partition coefficient (Wildman–Crippen LogP) is 7.00. The van der Waals surface area contributed by atoms with Crippen molar-refractivity contribution in [1.29, 1.82) is 0 Å². The Kier molecular flexibility index (Phi) is 20.7. The number of benzene rings is 3. The molecule has 0 bridgehead atoms. The van der Waals surface area contributed by atoms with Gasteiger partial charge in [-0.1, -0.05) is 32.0 Å². The zero-order valence-electron chi connectivity index (χ0n) is 16.6. The predicted molar refractivity (Wildman–Crippen MR) is 117 cm³/mol. The van der Waals surface area contributed by atoms with Crippen LogP contribution in [0.4, 0.5) is 0 Å². The molecule has 140 valence electrons. The minimum absolute atomic E-state index is 0. The van der Waals surface area contributed by atoms with E-state index in [1.165, 1.54) is 0 Å². The second kappa shape index (κ2) is 20.4. The van der Waals surface area contributed by atoms with Gasteiger partial charge in [-0.3, -0.25) is 0 Å². The summed E-state index contributed by atoms with van der Waals surface area (Å²) in [5, 5.41) is 3.97. The maximum Gasteiger partial charge on any atom is 4.00 e. The largest absolute Gasteiger partial charge is 4.00 e. The van der Waals surface area contributed by atoms with Crippen molar-refractivity contribution in [2.75, 3.05) is 13.1 Å². The molecule has 0 aromatic heterocycles. The van der Waals surface area contributed by atoms with Crippen molar-refractivity contribution in [2.45, 2.75) is 13.8 Å². The van der Waals surface area contributed by atoms with Gasteiger partial charge in [0.15, 0.2) is 0 Å². The van der Waals surface area contributed by atoms with E-state index < -0.39 is 0 Å². The maximum absolute atomic E-state index is 3.97. The number of nitrogens with zero attached hydrogens (tertiary/aromatic N) is 1. The minimum atomic E-state index is 0. The molecular weight excluding hydrogens is 493 g/mol. The van der Waals surface area contributed by atoms with E-state index in [2.05, 4.69) is 26.1 Å². The van der Waals surface area contributed by atoms with E-state index in [0.29, 0.717) is 0 Å². The van der Waals surface area contributed by atoms with Gasteiger partial charge in [0.05, 0.1) is 0 Å². The molecule has 0 saturated carbocycles. The van der Waals surface area contributed by atoms with Crippen molar-refractivity contribution in [3.63, 3.8) is 0 Å². The first kappa shape index (κ1) is 27.3. The van der Waals surface area contributed by atoms with Gasteiger partial charge >= 0.3 is 25.8 Å². The van der Waals surface area contributed by atoms with Crippen LogP contribution in [0.2, 0.25) is 0 Å². The summed E-state index contributed by atoms with van der Waals surface area (Å²) in [6.07, 6.45) is 0. The maximum atomic E-state index is 3.97. The Labute approximate surface area is 186 Å². The Morgan fingerprint density at radius 2 is 0.741 bits per heavy atom. The summed E-state index contributed by atoms with van der Waals surface area (Å²) in [7, 11) is 0. The zero-order valence-corrected chi connectivity index (χ0v) is 20.2. The van der Waals surface area contributed by atoms with E-state index >= 15 is 0 Å². The summed E-state index contributed by atoms with van der Waals surface area (Å²) in [6.45, 7) is 17.2. The third-order valence-electron chi connectivity index (χ3n) is 2.98. The summed E-state index contributed by atoms with van der Waals surface area (Å²) < 4.78 is 0. The van der Waals surface area contributed by atoms with Crippen LogP contribution in [0.15, 0.2) is 91.0 Å². The van der Waals surface area contributed by atoms with Gasteiger partial charge in [-0.2, -0.15) is 86.9 Å². The second-order valence-corrected chi connectivity index (χ2v) is 5.31. The van der Waals surface area contributed by atoms with Crippen molar-refractivity contribution in [1.82, 2.24) is 0 Å². The fourth-order valence-electron chi connectivity index (χ4n) is 1.66. The normalized spacial score (nSPS) is 8.22. The molecular formula is C25H31HfN. The van der Waals surface area contributed by atoms with Crippen LogP contribution in [0.25, 0.3) is 5.32 Å². The smallest absolute Gasteiger partial charge is 0.663 e. The third-order valence-corrected chi connectivity index (χ3v) is 2.98. The molecule has 0 aliphatic rings. The van der Waals surface area contributed by atoms with Crippen LogP contribution in [0.3, 0.4) is 0 Å². The minimum Gasteiger partial charge on any atom is -0.663 e. The van der Waals surface area contributed by atoms with Gasteiger partial charge in [-0.25, -0.2) is 0 Å². The Balaban J connectivity index is 0. The molecule has 3 aromatic rings. The van der Waals surface area contributed by atoms with Crippen LogP contribution in [0, 0.1) is 20.8 Å². The second-order valence-electron chi connectivity index (χ2n) is 5.31. The average molecular weight is 524 g/mol. The molecule has 0 aliphatic carbocycles. The topological polar surface area (TPSA) is 14.1 Å². The average Bonchev–Trinajstić information content (AvgIpc) is 2.66. The first-order valence-corrected chi connectivity index (χ1v) is 8.84. The summed E-state index contributed by atoms with van der Waals surface area (Å²) in [5.74, 6) is 0. The van der Waals surface area contributed by atoms with Gasteiger partial charge in [0.25, 0.3) is 0 Å². The first-order valence-electron chi connectivity index (χ1n) is 8.84. The number of rotatable bonds is 2. The molecule has 2 heteroatoms. The van der Waals surface area contributed by atoms with Crippen LogP contribution in [-0.4, -0.2) is 13.1 Å². The molecule has 0 saturated heterocycles. The molecule has 3 rings (SSSR count). The van der Waals surface area contributed by atoms with Gasteiger partial charge in [0, 0.05) is 0 Å². The summed E-state index contributed by atoms with van der Waals surface area (Å²) in [4.78, 5) is 0. The molecule has 0 spiro atoms. The Hall–Kier alpha value is -1.90. The monoisotopic (exact) mass is 525 g/mol. The molecule has 0 heterocycles. The van der Waals surface area contributed by atoms with E-state index in [1.807, 2.05) is 105 Å². The quantitative estimate of drug-likeness (QED) is 0.253. The van der Waals surface area contributed by atoms with Crippen LogP contribution in [0.5, 0.6) is 0 Å². The summed E-state index contributed by atoms with van der Waals surface area (Å²) in [5.41, 5.74) is 3.22. The molecule has 0 unspecified atom stereocenters. The Bertz CT molecular complexity index is 533. The fourth-order valence-corrected chi connectivity index (χ4v) is 1.66. The van der Waals surface area contributed by atoms with Crippen LogP contribution in [0.1, 0.15) is 30.5 Å². The molecule has 0 amide bonds. The zero-order chi connectivity index (χ0) is 19.5.